The summed E-state index contributed by atoms with van der Waals surface area (Å²) in [5.74, 6) is 0. The second-order valence-corrected chi connectivity index (χ2v) is 7.10. The third-order valence-electron chi connectivity index (χ3n) is 3.75. The van der Waals surface area contributed by atoms with Crippen molar-refractivity contribution in [2.75, 3.05) is 11.1 Å². The Morgan fingerprint density at radius 3 is 2.37 bits per heavy atom. The average Bonchev–Trinajstić information content (AvgIpc) is 2.31. The summed E-state index contributed by atoms with van der Waals surface area (Å²) in [6.07, 6.45) is 5.89. The Hall–Kier alpha value is -1.27. The van der Waals surface area contributed by atoms with Crippen LogP contribution in [0.3, 0.4) is 0 Å². The fourth-order valence-electron chi connectivity index (χ4n) is 2.61. The summed E-state index contributed by atoms with van der Waals surface area (Å²) in [5.41, 5.74) is 7.14. The van der Waals surface area contributed by atoms with Gasteiger partial charge in [0.15, 0.2) is 0 Å². The Morgan fingerprint density at radius 2 is 1.84 bits per heavy atom. The lowest BCUT2D eigenvalue weighted by Gasteiger charge is -2.36. The predicted molar refractivity (Wildman–Crippen MR) is 77.3 cm³/mol. The fraction of sp³-hybridized carbons (Fsp3) is 0.538. The molecule has 1 aliphatic rings. The van der Waals surface area contributed by atoms with Crippen molar-refractivity contribution in [2.45, 2.75) is 49.5 Å². The first kappa shape index (κ1) is 14.1. The highest BCUT2D eigenvalue weighted by atomic mass is 32.2. The maximum Gasteiger partial charge on any atom is 0.238 e. The predicted octanol–water partition coefficient (Wildman–Crippen LogP) is 2.05. The summed E-state index contributed by atoms with van der Waals surface area (Å²) in [6.45, 7) is 2.18. The van der Waals surface area contributed by atoms with Crippen molar-refractivity contribution in [3.8, 4) is 0 Å². The number of nitrogen functional groups attached to an aromatic ring is 1. The topological polar surface area (TPSA) is 98.2 Å². The maximum atomic E-state index is 11.3. The van der Waals surface area contributed by atoms with Crippen LogP contribution >= 0.6 is 0 Å². The van der Waals surface area contributed by atoms with Gasteiger partial charge in [-0.2, -0.15) is 0 Å². The van der Waals surface area contributed by atoms with E-state index in [1.54, 1.807) is 6.07 Å². The zero-order chi connectivity index (χ0) is 14.1. The van der Waals surface area contributed by atoms with E-state index >= 15 is 0 Å². The standard InChI is InChI=1S/C13H21N3O2S/c1-13(7-3-2-4-8-13)16-12-6-5-10(9-11(12)14)19(15,17)18/h5-6,9,16H,2-4,7-8,14H2,1H3,(H2,15,17,18). The highest BCUT2D eigenvalue weighted by molar-refractivity contribution is 7.89. The second-order valence-electron chi connectivity index (χ2n) is 5.54. The lowest BCUT2D eigenvalue weighted by atomic mass is 9.83. The van der Waals surface area contributed by atoms with Crippen LogP contribution in [0.25, 0.3) is 0 Å². The van der Waals surface area contributed by atoms with Crippen LogP contribution in [0.15, 0.2) is 23.1 Å². The van der Waals surface area contributed by atoms with Crippen molar-refractivity contribution in [1.82, 2.24) is 0 Å². The molecule has 106 valence electrons. The molecular weight excluding hydrogens is 262 g/mol. The molecule has 1 aromatic rings. The van der Waals surface area contributed by atoms with Crippen LogP contribution in [0.1, 0.15) is 39.0 Å². The van der Waals surface area contributed by atoms with Crippen LogP contribution in [0.2, 0.25) is 0 Å². The van der Waals surface area contributed by atoms with E-state index in [1.807, 2.05) is 0 Å². The Morgan fingerprint density at radius 1 is 1.21 bits per heavy atom. The minimum atomic E-state index is -3.70. The first-order chi connectivity index (χ1) is 8.80. The van der Waals surface area contributed by atoms with E-state index in [0.717, 1.165) is 18.5 Å². The lowest BCUT2D eigenvalue weighted by Crippen LogP contribution is -2.37. The molecule has 0 atom stereocenters. The molecule has 0 heterocycles. The summed E-state index contributed by atoms with van der Waals surface area (Å²) in [4.78, 5) is 0.0457. The smallest absolute Gasteiger partial charge is 0.238 e. The summed E-state index contributed by atoms with van der Waals surface area (Å²) >= 11 is 0. The van der Waals surface area contributed by atoms with Gasteiger partial charge < -0.3 is 11.1 Å². The molecule has 1 fully saturated rings. The van der Waals surface area contributed by atoms with Crippen molar-refractivity contribution in [2.24, 2.45) is 5.14 Å². The van der Waals surface area contributed by atoms with E-state index in [-0.39, 0.29) is 10.4 Å². The van der Waals surface area contributed by atoms with E-state index in [0.29, 0.717) is 5.69 Å². The third-order valence-corrected chi connectivity index (χ3v) is 4.66. The van der Waals surface area contributed by atoms with Crippen LogP contribution in [0.5, 0.6) is 0 Å². The van der Waals surface area contributed by atoms with Gasteiger partial charge in [0.05, 0.1) is 16.3 Å². The number of sulfonamides is 1. The zero-order valence-electron chi connectivity index (χ0n) is 11.1. The SMILES string of the molecule is CC1(Nc2ccc(S(N)(=O)=O)cc2N)CCCCC1. The Bertz CT molecular complexity index is 563. The van der Waals surface area contributed by atoms with E-state index in [1.165, 1.54) is 31.4 Å². The van der Waals surface area contributed by atoms with Gasteiger partial charge in [0.2, 0.25) is 10.0 Å². The third kappa shape index (κ3) is 3.39. The molecule has 0 aromatic heterocycles. The number of anilines is 2. The number of hydrogen-bond acceptors (Lipinski definition) is 4. The van der Waals surface area contributed by atoms with Crippen molar-refractivity contribution in [3.63, 3.8) is 0 Å². The minimum Gasteiger partial charge on any atom is -0.397 e. The Balaban J connectivity index is 2.22. The van der Waals surface area contributed by atoms with Gasteiger partial charge in [-0.25, -0.2) is 13.6 Å². The van der Waals surface area contributed by atoms with Gasteiger partial charge in [-0.3, -0.25) is 0 Å². The molecule has 0 spiro atoms. The van der Waals surface area contributed by atoms with E-state index in [2.05, 4.69) is 12.2 Å². The van der Waals surface area contributed by atoms with Gasteiger partial charge >= 0.3 is 0 Å². The first-order valence-corrected chi connectivity index (χ1v) is 8.05. The van der Waals surface area contributed by atoms with E-state index < -0.39 is 10.0 Å². The van der Waals surface area contributed by atoms with Crippen molar-refractivity contribution in [1.29, 1.82) is 0 Å². The van der Waals surface area contributed by atoms with Gasteiger partial charge in [0.1, 0.15) is 0 Å². The van der Waals surface area contributed by atoms with Crippen molar-refractivity contribution >= 4 is 21.4 Å². The average molecular weight is 283 g/mol. The second kappa shape index (κ2) is 5.02. The molecule has 0 saturated heterocycles. The number of primary sulfonamides is 1. The molecule has 1 saturated carbocycles. The van der Waals surface area contributed by atoms with Gasteiger partial charge in [0, 0.05) is 5.54 Å². The van der Waals surface area contributed by atoms with Gasteiger partial charge in [0.25, 0.3) is 0 Å². The molecule has 0 radical (unpaired) electrons. The Labute approximate surface area is 114 Å². The minimum absolute atomic E-state index is 0.0372. The molecular formula is C13H21N3O2S. The summed E-state index contributed by atoms with van der Waals surface area (Å²) < 4.78 is 22.5. The molecule has 1 aliphatic carbocycles. The maximum absolute atomic E-state index is 11.3. The largest absolute Gasteiger partial charge is 0.397 e. The monoisotopic (exact) mass is 283 g/mol. The van der Waals surface area contributed by atoms with Crippen LogP contribution < -0.4 is 16.2 Å². The van der Waals surface area contributed by atoms with Crippen molar-refractivity contribution in [3.05, 3.63) is 18.2 Å². The molecule has 0 bridgehead atoms. The number of hydrogen-bond donors (Lipinski definition) is 3. The highest BCUT2D eigenvalue weighted by Crippen LogP contribution is 2.33. The van der Waals surface area contributed by atoms with E-state index in [4.69, 9.17) is 10.9 Å². The van der Waals surface area contributed by atoms with Gasteiger partial charge in [-0.1, -0.05) is 19.3 Å². The number of nitrogens with two attached hydrogens (primary N) is 2. The number of nitrogens with one attached hydrogen (secondary N) is 1. The summed E-state index contributed by atoms with van der Waals surface area (Å²) in [7, 11) is -3.70. The first-order valence-electron chi connectivity index (χ1n) is 6.51. The van der Waals surface area contributed by atoms with Crippen LogP contribution in [0, 0.1) is 0 Å². The molecule has 1 aromatic carbocycles. The number of benzene rings is 1. The quantitative estimate of drug-likeness (QED) is 0.739. The molecule has 6 heteroatoms. The molecule has 5 N–H and O–H groups in total. The van der Waals surface area contributed by atoms with Gasteiger partial charge in [-0.15, -0.1) is 0 Å². The Kier molecular flexibility index (Phi) is 3.73. The van der Waals surface area contributed by atoms with Crippen LogP contribution in [-0.4, -0.2) is 14.0 Å². The normalized spacial score (nSPS) is 19.1. The van der Waals surface area contributed by atoms with Crippen LogP contribution in [0.4, 0.5) is 11.4 Å². The fourth-order valence-corrected chi connectivity index (χ4v) is 3.16. The molecule has 19 heavy (non-hydrogen) atoms. The number of rotatable bonds is 3. The van der Waals surface area contributed by atoms with Crippen LogP contribution in [-0.2, 0) is 10.0 Å². The van der Waals surface area contributed by atoms with E-state index in [9.17, 15) is 8.42 Å². The molecule has 5 nitrogen and oxygen atoms in total. The molecule has 0 aliphatic heterocycles. The summed E-state index contributed by atoms with van der Waals surface area (Å²) in [6, 6.07) is 4.58. The highest BCUT2D eigenvalue weighted by Gasteiger charge is 2.27. The molecule has 2 rings (SSSR count). The zero-order valence-corrected chi connectivity index (χ0v) is 12.0. The van der Waals surface area contributed by atoms with Gasteiger partial charge in [-0.05, 0) is 38.0 Å². The summed E-state index contributed by atoms with van der Waals surface area (Å²) in [5, 5.41) is 8.53. The molecule has 0 unspecified atom stereocenters. The molecule has 0 amide bonds. The lowest BCUT2D eigenvalue weighted by molar-refractivity contribution is 0.349. The van der Waals surface area contributed by atoms with Crippen molar-refractivity contribution < 1.29 is 8.42 Å².